The van der Waals surface area contributed by atoms with Crippen molar-refractivity contribution in [2.75, 3.05) is 18.1 Å². The Kier molecular flexibility index (Phi) is 12.9. The van der Waals surface area contributed by atoms with Crippen molar-refractivity contribution in [3.05, 3.63) is 71.3 Å². The number of benzene rings is 2. The third-order valence-electron chi connectivity index (χ3n) is 4.61. The first-order valence-corrected chi connectivity index (χ1v) is 13.7. The van der Waals surface area contributed by atoms with Crippen LogP contribution in [0.15, 0.2) is 59.7 Å². The van der Waals surface area contributed by atoms with Crippen LogP contribution in [0.1, 0.15) is 59.4 Å². The second-order valence-electron chi connectivity index (χ2n) is 7.28. The number of ether oxygens (including phenoxy) is 1. The lowest BCUT2D eigenvalue weighted by atomic mass is 10.1. The van der Waals surface area contributed by atoms with E-state index in [1.165, 1.54) is 19.1 Å². The van der Waals surface area contributed by atoms with Gasteiger partial charge in [0.05, 0.1) is 12.8 Å². The van der Waals surface area contributed by atoms with Crippen LogP contribution in [-0.4, -0.2) is 48.2 Å². The van der Waals surface area contributed by atoms with E-state index in [1.807, 2.05) is 6.07 Å². The Morgan fingerprint density at radius 3 is 2.32 bits per heavy atom. The van der Waals surface area contributed by atoms with Crippen molar-refractivity contribution in [1.82, 2.24) is 10.7 Å². The fourth-order valence-electron chi connectivity index (χ4n) is 2.78. The van der Waals surface area contributed by atoms with E-state index in [0.29, 0.717) is 22.4 Å². The van der Waals surface area contributed by atoms with Gasteiger partial charge in [-0.1, -0.05) is 71.7 Å². The molecule has 182 valence electrons. The Morgan fingerprint density at radius 2 is 1.65 bits per heavy atom. The molecule has 0 saturated heterocycles. The maximum Gasteiger partial charge on any atom is 0.329 e. The molecule has 2 aromatic rings. The summed E-state index contributed by atoms with van der Waals surface area (Å²) in [6, 6.07) is 14.8. The number of amides is 2. The highest BCUT2D eigenvalue weighted by molar-refractivity contribution is 8.76. The van der Waals surface area contributed by atoms with Gasteiger partial charge in [-0.3, -0.25) is 9.59 Å². The third kappa shape index (κ3) is 10.0. The molecule has 7 nitrogen and oxygen atoms in total. The maximum absolute atomic E-state index is 12.7. The summed E-state index contributed by atoms with van der Waals surface area (Å²) in [6.07, 6.45) is 4.98. The molecule has 9 heteroatoms. The summed E-state index contributed by atoms with van der Waals surface area (Å²) in [5, 5.41) is 6.73. The van der Waals surface area contributed by atoms with Crippen molar-refractivity contribution in [2.24, 2.45) is 5.10 Å². The number of esters is 1. The number of unbranched alkanes of at least 4 members (excludes halogenated alkanes) is 2. The normalized spacial score (nSPS) is 11.7. The van der Waals surface area contributed by atoms with Crippen LogP contribution in [0.25, 0.3) is 0 Å². The molecule has 0 aliphatic heterocycles. The molecule has 0 aliphatic carbocycles. The number of carbonyl (C=O) groups is 3. The SMILES string of the molecule is CCCCCSSC[C@H](NC(=O)c1ccc(/C=N/NC(=O)c2ccccc2)cc1)C(=O)OCC. The van der Waals surface area contributed by atoms with Gasteiger partial charge in [0.25, 0.3) is 11.8 Å². The van der Waals surface area contributed by atoms with E-state index in [9.17, 15) is 14.4 Å². The summed E-state index contributed by atoms with van der Waals surface area (Å²) in [4.78, 5) is 37.0. The fraction of sp³-hybridized carbons (Fsp3) is 0.360. The van der Waals surface area contributed by atoms with Gasteiger partial charge in [0.1, 0.15) is 6.04 Å². The summed E-state index contributed by atoms with van der Waals surface area (Å²) in [5.41, 5.74) is 4.11. The van der Waals surface area contributed by atoms with E-state index in [1.54, 1.807) is 77.0 Å². The van der Waals surface area contributed by atoms with Gasteiger partial charge in [0.15, 0.2) is 0 Å². The van der Waals surface area contributed by atoms with Crippen molar-refractivity contribution in [1.29, 1.82) is 0 Å². The van der Waals surface area contributed by atoms with E-state index in [-0.39, 0.29) is 18.4 Å². The minimum absolute atomic E-state index is 0.258. The molecule has 0 heterocycles. The Morgan fingerprint density at radius 1 is 0.941 bits per heavy atom. The van der Waals surface area contributed by atoms with Crippen LogP contribution in [0.3, 0.4) is 0 Å². The van der Waals surface area contributed by atoms with Crippen LogP contribution < -0.4 is 10.7 Å². The third-order valence-corrected chi connectivity index (χ3v) is 7.11. The molecule has 0 fully saturated rings. The smallest absolute Gasteiger partial charge is 0.329 e. The van der Waals surface area contributed by atoms with E-state index < -0.39 is 12.0 Å². The average molecular weight is 502 g/mol. The fourth-order valence-corrected chi connectivity index (χ4v) is 5.07. The molecular formula is C25H31N3O4S2. The Bertz CT molecular complexity index is 937. The zero-order chi connectivity index (χ0) is 24.6. The van der Waals surface area contributed by atoms with Crippen LogP contribution in [-0.2, 0) is 9.53 Å². The summed E-state index contributed by atoms with van der Waals surface area (Å²) < 4.78 is 5.12. The Labute approximate surface area is 208 Å². The maximum atomic E-state index is 12.7. The number of carbonyl (C=O) groups excluding carboxylic acids is 3. The highest BCUT2D eigenvalue weighted by atomic mass is 33.1. The number of rotatable bonds is 14. The van der Waals surface area contributed by atoms with Crippen LogP contribution in [0.2, 0.25) is 0 Å². The average Bonchev–Trinajstić information content (AvgIpc) is 2.86. The van der Waals surface area contributed by atoms with Crippen molar-refractivity contribution < 1.29 is 19.1 Å². The molecule has 0 spiro atoms. The van der Waals surface area contributed by atoms with Crippen molar-refractivity contribution in [2.45, 2.75) is 39.2 Å². The lowest BCUT2D eigenvalue weighted by Crippen LogP contribution is -2.43. The van der Waals surface area contributed by atoms with Crippen LogP contribution in [0.4, 0.5) is 0 Å². The second-order valence-corrected chi connectivity index (χ2v) is 9.91. The summed E-state index contributed by atoms with van der Waals surface area (Å²) in [5.74, 6) is 0.356. The summed E-state index contributed by atoms with van der Waals surface area (Å²) in [6.45, 7) is 4.16. The molecule has 2 N–H and O–H groups in total. The molecule has 0 aromatic heterocycles. The van der Waals surface area contributed by atoms with E-state index >= 15 is 0 Å². The Hall–Kier alpha value is -2.78. The molecule has 0 aliphatic rings. The van der Waals surface area contributed by atoms with E-state index in [4.69, 9.17) is 4.74 Å². The summed E-state index contributed by atoms with van der Waals surface area (Å²) in [7, 11) is 3.27. The number of hydrogen-bond donors (Lipinski definition) is 2. The first kappa shape index (κ1) is 27.5. The van der Waals surface area contributed by atoms with Gasteiger partial charge in [0.2, 0.25) is 0 Å². The predicted octanol–water partition coefficient (Wildman–Crippen LogP) is 4.68. The molecule has 2 rings (SSSR count). The van der Waals surface area contributed by atoms with Gasteiger partial charge < -0.3 is 10.1 Å². The second kappa shape index (κ2) is 16.0. The first-order chi connectivity index (χ1) is 16.5. The molecule has 34 heavy (non-hydrogen) atoms. The topological polar surface area (TPSA) is 96.9 Å². The molecule has 1 atom stereocenters. The highest BCUT2D eigenvalue weighted by Crippen LogP contribution is 2.24. The Balaban J connectivity index is 1.88. The zero-order valence-corrected chi connectivity index (χ0v) is 21.1. The van der Waals surface area contributed by atoms with Gasteiger partial charge >= 0.3 is 5.97 Å². The monoisotopic (exact) mass is 501 g/mol. The molecule has 0 saturated carbocycles. The molecule has 0 radical (unpaired) electrons. The van der Waals surface area contributed by atoms with Crippen LogP contribution >= 0.6 is 21.6 Å². The van der Waals surface area contributed by atoms with Crippen LogP contribution in [0.5, 0.6) is 0 Å². The van der Waals surface area contributed by atoms with Crippen molar-refractivity contribution in [3.8, 4) is 0 Å². The number of hydrazone groups is 1. The minimum atomic E-state index is -0.717. The van der Waals surface area contributed by atoms with Gasteiger partial charge in [-0.15, -0.1) is 0 Å². The van der Waals surface area contributed by atoms with Gasteiger partial charge in [0, 0.05) is 22.6 Å². The number of nitrogens with zero attached hydrogens (tertiary/aromatic N) is 1. The number of nitrogens with one attached hydrogen (secondary N) is 2. The molecule has 0 unspecified atom stereocenters. The van der Waals surface area contributed by atoms with Gasteiger partial charge in [-0.25, -0.2) is 10.2 Å². The van der Waals surface area contributed by atoms with E-state index in [0.717, 1.165) is 12.2 Å². The lowest BCUT2D eigenvalue weighted by molar-refractivity contribution is -0.144. The van der Waals surface area contributed by atoms with Gasteiger partial charge in [-0.2, -0.15) is 5.10 Å². The standard InChI is InChI=1S/C25H31N3O4S2/c1-3-5-9-16-33-34-18-22(25(31)32-4-2)27-23(29)21-14-12-19(13-15-21)17-26-28-24(30)20-10-7-6-8-11-20/h6-8,10-15,17,22H,3-5,9,16,18H2,1-2H3,(H,27,29)(H,28,30)/b26-17+/t22-/m0/s1. The van der Waals surface area contributed by atoms with Crippen molar-refractivity contribution in [3.63, 3.8) is 0 Å². The molecular weight excluding hydrogens is 470 g/mol. The van der Waals surface area contributed by atoms with E-state index in [2.05, 4.69) is 22.8 Å². The lowest BCUT2D eigenvalue weighted by Gasteiger charge is -2.17. The predicted molar refractivity (Wildman–Crippen MR) is 140 cm³/mol. The quantitative estimate of drug-likeness (QED) is 0.128. The minimum Gasteiger partial charge on any atom is -0.464 e. The zero-order valence-electron chi connectivity index (χ0n) is 19.5. The molecule has 2 amide bonds. The van der Waals surface area contributed by atoms with Gasteiger partial charge in [-0.05, 0) is 43.2 Å². The summed E-state index contributed by atoms with van der Waals surface area (Å²) >= 11 is 0. The van der Waals surface area contributed by atoms with Crippen LogP contribution in [0, 0.1) is 0 Å². The molecule has 0 bridgehead atoms. The molecule has 2 aromatic carbocycles. The van der Waals surface area contributed by atoms with Crippen molar-refractivity contribution >= 4 is 45.6 Å². The highest BCUT2D eigenvalue weighted by Gasteiger charge is 2.23. The number of hydrogen-bond acceptors (Lipinski definition) is 7. The first-order valence-electron chi connectivity index (χ1n) is 11.3. The largest absolute Gasteiger partial charge is 0.464 e.